The van der Waals surface area contributed by atoms with Crippen LogP contribution in [-0.4, -0.2) is 81.6 Å². The first-order chi connectivity index (χ1) is 11.9. The highest BCUT2D eigenvalue weighted by molar-refractivity contribution is 6.30. The molecule has 2 heterocycles. The van der Waals surface area contributed by atoms with E-state index < -0.39 is 11.7 Å². The fourth-order valence-electron chi connectivity index (χ4n) is 3.58. The summed E-state index contributed by atoms with van der Waals surface area (Å²) in [4.78, 5) is 16.1. The Morgan fingerprint density at radius 1 is 1.20 bits per heavy atom. The molecule has 2 aliphatic heterocycles. The van der Waals surface area contributed by atoms with Crippen molar-refractivity contribution in [2.75, 3.05) is 32.7 Å². The van der Waals surface area contributed by atoms with E-state index in [1.807, 2.05) is 4.90 Å². The summed E-state index contributed by atoms with van der Waals surface area (Å²) in [5, 5.41) is 31.3. The largest absolute Gasteiger partial charge is 0.393 e. The zero-order valence-corrected chi connectivity index (χ0v) is 14.9. The van der Waals surface area contributed by atoms with Gasteiger partial charge in [0, 0.05) is 31.2 Å². The number of aliphatic hydroxyl groups excluding tert-OH is 2. The predicted octanol–water partition coefficient (Wildman–Crippen LogP) is 0.273. The number of hydrogen-bond acceptors (Lipinski definition) is 5. The van der Waals surface area contributed by atoms with Crippen molar-refractivity contribution in [3.8, 4) is 0 Å². The molecule has 3 rings (SSSR count). The highest BCUT2D eigenvalue weighted by atomic mass is 35.5. The van der Waals surface area contributed by atoms with Crippen LogP contribution in [0.5, 0.6) is 0 Å². The van der Waals surface area contributed by atoms with Gasteiger partial charge in [0.15, 0.2) is 0 Å². The Labute approximate surface area is 152 Å². The number of carbonyl (C=O) groups is 1. The highest BCUT2D eigenvalue weighted by Gasteiger charge is 2.47. The van der Waals surface area contributed by atoms with Crippen molar-refractivity contribution < 1.29 is 20.1 Å². The molecular weight excluding hydrogens is 344 g/mol. The summed E-state index contributed by atoms with van der Waals surface area (Å²) in [6, 6.07) is 7.09. The maximum atomic E-state index is 12.5. The molecule has 2 atom stereocenters. The van der Waals surface area contributed by atoms with Crippen molar-refractivity contribution in [3.63, 3.8) is 0 Å². The fraction of sp³-hybridized carbons (Fsp3) is 0.611. The molecule has 2 fully saturated rings. The lowest BCUT2D eigenvalue weighted by molar-refractivity contribution is -0.130. The first-order valence-electron chi connectivity index (χ1n) is 8.69. The quantitative estimate of drug-likeness (QED) is 0.710. The highest BCUT2D eigenvalue weighted by Crippen LogP contribution is 2.25. The molecule has 2 saturated heterocycles. The molecule has 138 valence electrons. The van der Waals surface area contributed by atoms with Crippen molar-refractivity contribution in [1.29, 1.82) is 0 Å². The summed E-state index contributed by atoms with van der Waals surface area (Å²) in [6.07, 6.45) is 0.317. The molecular formula is C18H25ClN2O4. The van der Waals surface area contributed by atoms with Crippen LogP contribution in [-0.2, 0) is 11.2 Å². The van der Waals surface area contributed by atoms with Gasteiger partial charge in [-0.05, 0) is 30.5 Å². The Morgan fingerprint density at radius 2 is 1.84 bits per heavy atom. The second kappa shape index (κ2) is 7.60. The number of amides is 1. The van der Waals surface area contributed by atoms with Crippen LogP contribution in [0.4, 0.5) is 0 Å². The molecule has 0 unspecified atom stereocenters. The van der Waals surface area contributed by atoms with Crippen LogP contribution in [0.1, 0.15) is 18.4 Å². The van der Waals surface area contributed by atoms with Gasteiger partial charge in [-0.2, -0.15) is 0 Å². The number of likely N-dealkylation sites (tertiary alicyclic amines) is 2. The number of β-amino-alcohol motifs (C(OH)–C–C–N with tert-alkyl or cyclic N) is 2. The summed E-state index contributed by atoms with van der Waals surface area (Å²) in [5.74, 6) is -0.119. The number of benzene rings is 1. The van der Waals surface area contributed by atoms with Gasteiger partial charge in [-0.25, -0.2) is 0 Å². The second-order valence-electron chi connectivity index (χ2n) is 7.20. The van der Waals surface area contributed by atoms with Crippen molar-refractivity contribution in [3.05, 3.63) is 34.9 Å². The average Bonchev–Trinajstić information content (AvgIpc) is 2.87. The Kier molecular flexibility index (Phi) is 5.65. The van der Waals surface area contributed by atoms with Gasteiger partial charge in [0.05, 0.1) is 19.1 Å². The van der Waals surface area contributed by atoms with E-state index in [0.717, 1.165) is 5.56 Å². The van der Waals surface area contributed by atoms with Gasteiger partial charge in [-0.3, -0.25) is 4.79 Å². The average molecular weight is 369 g/mol. The molecule has 2 aliphatic rings. The molecule has 3 N–H and O–H groups in total. The molecule has 1 aromatic carbocycles. The van der Waals surface area contributed by atoms with Crippen LogP contribution in [0.15, 0.2) is 24.3 Å². The summed E-state index contributed by atoms with van der Waals surface area (Å²) < 4.78 is 0. The zero-order chi connectivity index (χ0) is 18.0. The zero-order valence-electron chi connectivity index (χ0n) is 14.1. The Morgan fingerprint density at radius 3 is 2.48 bits per heavy atom. The normalized spacial score (nSPS) is 28.5. The standard InChI is InChI=1S/C18H25ClN2O4/c19-14-3-1-13(2-4-14)9-17(24)21-10-16(23)18(25,12-21)11-20-7-5-15(22)6-8-20/h1-4,15-16,22-23,25H,5-12H2/t16-,18+/m1/s1. The summed E-state index contributed by atoms with van der Waals surface area (Å²) in [5.41, 5.74) is -0.470. The molecule has 1 aromatic rings. The van der Waals surface area contributed by atoms with Crippen molar-refractivity contribution >= 4 is 17.5 Å². The summed E-state index contributed by atoms with van der Waals surface area (Å²) in [7, 11) is 0. The number of nitrogens with zero attached hydrogens (tertiary/aromatic N) is 2. The number of aliphatic hydroxyl groups is 3. The van der Waals surface area contributed by atoms with E-state index in [2.05, 4.69) is 0 Å². The Hall–Kier alpha value is -1.18. The number of carbonyl (C=O) groups excluding carboxylic acids is 1. The van der Waals surface area contributed by atoms with Gasteiger partial charge in [0.2, 0.25) is 5.91 Å². The fourth-order valence-corrected chi connectivity index (χ4v) is 3.70. The molecule has 1 amide bonds. The van der Waals surface area contributed by atoms with E-state index in [4.69, 9.17) is 11.6 Å². The van der Waals surface area contributed by atoms with Gasteiger partial charge < -0.3 is 25.1 Å². The van der Waals surface area contributed by atoms with E-state index >= 15 is 0 Å². The molecule has 7 heteroatoms. The lowest BCUT2D eigenvalue weighted by Crippen LogP contribution is -2.53. The van der Waals surface area contributed by atoms with Crippen LogP contribution in [0.25, 0.3) is 0 Å². The topological polar surface area (TPSA) is 84.2 Å². The minimum absolute atomic E-state index is 0.119. The van der Waals surface area contributed by atoms with E-state index in [9.17, 15) is 20.1 Å². The molecule has 0 aliphatic carbocycles. The SMILES string of the molecule is O=C(Cc1ccc(Cl)cc1)N1C[C@@H](O)[C@](O)(CN2CCC(O)CC2)C1. The number of hydrogen-bond donors (Lipinski definition) is 3. The van der Waals surface area contributed by atoms with Crippen molar-refractivity contribution in [2.45, 2.75) is 37.1 Å². The van der Waals surface area contributed by atoms with Crippen LogP contribution in [0.3, 0.4) is 0 Å². The van der Waals surface area contributed by atoms with E-state index in [-0.39, 0.29) is 31.5 Å². The van der Waals surface area contributed by atoms with Gasteiger partial charge in [0.1, 0.15) is 11.7 Å². The minimum Gasteiger partial charge on any atom is -0.393 e. The van der Waals surface area contributed by atoms with Gasteiger partial charge in [-0.1, -0.05) is 23.7 Å². The Balaban J connectivity index is 1.57. The van der Waals surface area contributed by atoms with Crippen molar-refractivity contribution in [2.24, 2.45) is 0 Å². The van der Waals surface area contributed by atoms with Crippen molar-refractivity contribution in [1.82, 2.24) is 9.80 Å². The monoisotopic (exact) mass is 368 g/mol. The summed E-state index contributed by atoms with van der Waals surface area (Å²) >= 11 is 5.85. The van der Waals surface area contributed by atoms with Gasteiger partial charge >= 0.3 is 0 Å². The predicted molar refractivity (Wildman–Crippen MR) is 94.4 cm³/mol. The Bertz CT molecular complexity index is 604. The first kappa shape index (κ1) is 18.6. The third kappa shape index (κ3) is 4.51. The van der Waals surface area contributed by atoms with E-state index in [1.54, 1.807) is 24.3 Å². The molecule has 6 nitrogen and oxygen atoms in total. The smallest absolute Gasteiger partial charge is 0.227 e. The minimum atomic E-state index is -1.32. The molecule has 0 bridgehead atoms. The third-order valence-corrected chi connectivity index (χ3v) is 5.41. The van der Waals surface area contributed by atoms with Crippen LogP contribution >= 0.6 is 11.6 Å². The first-order valence-corrected chi connectivity index (χ1v) is 9.06. The van der Waals surface area contributed by atoms with Crippen LogP contribution in [0, 0.1) is 0 Å². The van der Waals surface area contributed by atoms with Gasteiger partial charge in [-0.15, -0.1) is 0 Å². The number of halogens is 1. The maximum absolute atomic E-state index is 12.5. The number of rotatable bonds is 4. The van der Waals surface area contributed by atoms with E-state index in [1.165, 1.54) is 4.90 Å². The lowest BCUT2D eigenvalue weighted by atomic mass is 9.98. The summed E-state index contributed by atoms with van der Waals surface area (Å²) in [6.45, 7) is 1.95. The second-order valence-corrected chi connectivity index (χ2v) is 7.64. The van der Waals surface area contributed by atoms with Crippen LogP contribution < -0.4 is 0 Å². The van der Waals surface area contributed by atoms with Gasteiger partial charge in [0.25, 0.3) is 0 Å². The third-order valence-electron chi connectivity index (χ3n) is 5.15. The van der Waals surface area contributed by atoms with Crippen LogP contribution in [0.2, 0.25) is 5.02 Å². The lowest BCUT2D eigenvalue weighted by Gasteiger charge is -2.36. The molecule has 25 heavy (non-hydrogen) atoms. The molecule has 0 spiro atoms. The molecule has 0 saturated carbocycles. The molecule has 0 radical (unpaired) electrons. The number of piperidine rings is 1. The van der Waals surface area contributed by atoms with E-state index in [0.29, 0.717) is 37.5 Å². The molecule has 0 aromatic heterocycles. The maximum Gasteiger partial charge on any atom is 0.227 e.